The molecule has 1 aliphatic rings. The largest absolute Gasteiger partial charge is 0.467 e. The van der Waals surface area contributed by atoms with Crippen molar-refractivity contribution in [3.8, 4) is 0 Å². The number of aryl methyl sites for hydroxylation is 1. The van der Waals surface area contributed by atoms with Crippen LogP contribution in [0.3, 0.4) is 0 Å². The van der Waals surface area contributed by atoms with Gasteiger partial charge in [-0.25, -0.2) is 0 Å². The van der Waals surface area contributed by atoms with E-state index in [9.17, 15) is 4.79 Å². The van der Waals surface area contributed by atoms with Crippen LogP contribution in [0.2, 0.25) is 0 Å². The van der Waals surface area contributed by atoms with Crippen LogP contribution in [0, 0.1) is 13.8 Å². The Hall–Kier alpha value is -3.35. The van der Waals surface area contributed by atoms with Crippen molar-refractivity contribution < 1.29 is 9.21 Å². The molecule has 1 amide bonds. The van der Waals surface area contributed by atoms with Gasteiger partial charge in [-0.15, -0.1) is 10.2 Å². The molecule has 3 aromatic rings. The number of hydrogen-bond acceptors (Lipinski definition) is 6. The summed E-state index contributed by atoms with van der Waals surface area (Å²) >= 11 is 0. The number of nitrogens with one attached hydrogen (secondary N) is 1. The van der Waals surface area contributed by atoms with Crippen molar-refractivity contribution in [3.05, 3.63) is 71.3 Å². The average molecular weight is 391 g/mol. The average Bonchev–Trinajstić information content (AvgIpc) is 3.28. The highest BCUT2D eigenvalue weighted by Gasteiger charge is 2.20. The van der Waals surface area contributed by atoms with E-state index in [1.165, 1.54) is 16.8 Å². The van der Waals surface area contributed by atoms with Crippen LogP contribution in [0.25, 0.3) is 0 Å². The Morgan fingerprint density at radius 2 is 1.79 bits per heavy atom. The quantitative estimate of drug-likeness (QED) is 0.721. The third kappa shape index (κ3) is 4.23. The molecule has 1 fully saturated rings. The maximum atomic E-state index is 12.2. The van der Waals surface area contributed by atoms with Gasteiger partial charge in [-0.05, 0) is 55.3 Å². The van der Waals surface area contributed by atoms with E-state index in [0.29, 0.717) is 18.0 Å². The van der Waals surface area contributed by atoms with Crippen molar-refractivity contribution >= 4 is 17.4 Å². The van der Waals surface area contributed by atoms with Crippen molar-refractivity contribution in [2.75, 3.05) is 36.0 Å². The number of hydrogen-bond donors (Lipinski definition) is 1. The first-order valence-electron chi connectivity index (χ1n) is 9.82. The molecule has 150 valence electrons. The number of anilines is 2. The number of carbonyl (C=O) groups excluding carboxylic acids is 1. The summed E-state index contributed by atoms with van der Waals surface area (Å²) in [4.78, 5) is 16.8. The molecule has 29 heavy (non-hydrogen) atoms. The summed E-state index contributed by atoms with van der Waals surface area (Å²) in [6.45, 7) is 8.25. The van der Waals surface area contributed by atoms with Crippen molar-refractivity contribution in [2.45, 2.75) is 20.4 Å². The van der Waals surface area contributed by atoms with Crippen LogP contribution < -0.4 is 15.1 Å². The highest BCUT2D eigenvalue weighted by atomic mass is 16.3. The van der Waals surface area contributed by atoms with Gasteiger partial charge in [0.25, 0.3) is 5.91 Å². The molecule has 0 bridgehead atoms. The molecular weight excluding hydrogens is 366 g/mol. The number of nitrogens with zero attached hydrogens (tertiary/aromatic N) is 4. The Morgan fingerprint density at radius 3 is 2.48 bits per heavy atom. The third-order valence-corrected chi connectivity index (χ3v) is 5.41. The topological polar surface area (TPSA) is 74.5 Å². The molecule has 1 aromatic carbocycles. The van der Waals surface area contributed by atoms with Crippen molar-refractivity contribution in [3.63, 3.8) is 0 Å². The monoisotopic (exact) mass is 391 g/mol. The second-order valence-corrected chi connectivity index (χ2v) is 7.23. The zero-order valence-corrected chi connectivity index (χ0v) is 16.8. The number of benzene rings is 1. The predicted octanol–water partition coefficient (Wildman–Crippen LogP) is 2.94. The Labute approximate surface area is 170 Å². The van der Waals surface area contributed by atoms with E-state index in [2.05, 4.69) is 57.4 Å². The number of rotatable bonds is 5. The number of carbonyl (C=O) groups is 1. The molecule has 1 saturated heterocycles. The molecule has 0 unspecified atom stereocenters. The van der Waals surface area contributed by atoms with Crippen LogP contribution in [-0.4, -0.2) is 42.3 Å². The van der Waals surface area contributed by atoms with Gasteiger partial charge in [-0.3, -0.25) is 4.79 Å². The van der Waals surface area contributed by atoms with Gasteiger partial charge in [0.15, 0.2) is 11.5 Å². The van der Waals surface area contributed by atoms with E-state index >= 15 is 0 Å². The summed E-state index contributed by atoms with van der Waals surface area (Å²) in [6, 6.07) is 13.6. The Morgan fingerprint density at radius 1 is 1.00 bits per heavy atom. The van der Waals surface area contributed by atoms with Gasteiger partial charge < -0.3 is 19.5 Å². The summed E-state index contributed by atoms with van der Waals surface area (Å²) in [5, 5.41) is 11.2. The van der Waals surface area contributed by atoms with E-state index < -0.39 is 0 Å². The van der Waals surface area contributed by atoms with Gasteiger partial charge in [0.1, 0.15) is 5.76 Å². The van der Waals surface area contributed by atoms with Gasteiger partial charge in [-0.2, -0.15) is 0 Å². The number of piperazine rings is 1. The van der Waals surface area contributed by atoms with Crippen molar-refractivity contribution in [2.24, 2.45) is 0 Å². The Kier molecular flexibility index (Phi) is 5.46. The van der Waals surface area contributed by atoms with E-state index in [-0.39, 0.29) is 5.91 Å². The Balaban J connectivity index is 1.34. The van der Waals surface area contributed by atoms with Crippen LogP contribution in [0.15, 0.2) is 53.1 Å². The minimum Gasteiger partial charge on any atom is -0.467 e. The minimum atomic E-state index is -0.264. The number of amides is 1. The minimum absolute atomic E-state index is 0.264. The van der Waals surface area contributed by atoms with Crippen LogP contribution in [0.1, 0.15) is 27.4 Å². The maximum absolute atomic E-state index is 12.2. The molecule has 0 aliphatic carbocycles. The van der Waals surface area contributed by atoms with Gasteiger partial charge in [-0.1, -0.05) is 12.1 Å². The van der Waals surface area contributed by atoms with Gasteiger partial charge in [0, 0.05) is 31.9 Å². The van der Waals surface area contributed by atoms with Crippen molar-refractivity contribution in [1.29, 1.82) is 0 Å². The van der Waals surface area contributed by atoms with Crippen LogP contribution in [-0.2, 0) is 6.54 Å². The van der Waals surface area contributed by atoms with E-state index in [4.69, 9.17) is 4.42 Å². The molecule has 7 heteroatoms. The molecule has 0 saturated carbocycles. The lowest BCUT2D eigenvalue weighted by Crippen LogP contribution is -2.47. The van der Waals surface area contributed by atoms with E-state index in [1.807, 2.05) is 12.1 Å². The fourth-order valence-corrected chi connectivity index (χ4v) is 3.54. The second kappa shape index (κ2) is 8.34. The smallest absolute Gasteiger partial charge is 0.272 e. The summed E-state index contributed by atoms with van der Waals surface area (Å²) in [6.07, 6.45) is 1.58. The van der Waals surface area contributed by atoms with Crippen LogP contribution in [0.4, 0.5) is 11.5 Å². The van der Waals surface area contributed by atoms with Crippen LogP contribution in [0.5, 0.6) is 0 Å². The number of furan rings is 1. The highest BCUT2D eigenvalue weighted by molar-refractivity contribution is 5.92. The SMILES string of the molecule is Cc1cccc(N2CCN(c3ccc(C(=O)NCc4ccco4)nn3)CC2)c1C. The highest BCUT2D eigenvalue weighted by Crippen LogP contribution is 2.24. The first-order valence-corrected chi connectivity index (χ1v) is 9.82. The van der Waals surface area contributed by atoms with Gasteiger partial charge >= 0.3 is 0 Å². The fraction of sp³-hybridized carbons (Fsp3) is 0.318. The Bertz CT molecular complexity index is 961. The van der Waals surface area contributed by atoms with Crippen molar-refractivity contribution in [1.82, 2.24) is 15.5 Å². The second-order valence-electron chi connectivity index (χ2n) is 7.23. The van der Waals surface area contributed by atoms with Gasteiger partial charge in [0.2, 0.25) is 0 Å². The molecule has 0 spiro atoms. The molecule has 7 nitrogen and oxygen atoms in total. The lowest BCUT2D eigenvalue weighted by Gasteiger charge is -2.37. The maximum Gasteiger partial charge on any atom is 0.272 e. The van der Waals surface area contributed by atoms with E-state index in [0.717, 1.165) is 32.0 Å². The molecule has 3 heterocycles. The molecule has 4 rings (SSSR count). The summed E-state index contributed by atoms with van der Waals surface area (Å²) < 4.78 is 5.21. The van der Waals surface area contributed by atoms with E-state index in [1.54, 1.807) is 18.4 Å². The molecule has 0 atom stereocenters. The zero-order chi connectivity index (χ0) is 20.2. The van der Waals surface area contributed by atoms with Gasteiger partial charge in [0.05, 0.1) is 12.8 Å². The first kappa shape index (κ1) is 19.0. The summed E-state index contributed by atoms with van der Waals surface area (Å²) in [5.41, 5.74) is 4.26. The summed E-state index contributed by atoms with van der Waals surface area (Å²) in [5.74, 6) is 1.23. The summed E-state index contributed by atoms with van der Waals surface area (Å²) in [7, 11) is 0. The lowest BCUT2D eigenvalue weighted by atomic mass is 10.1. The first-order chi connectivity index (χ1) is 14.1. The van der Waals surface area contributed by atoms with Crippen LogP contribution >= 0.6 is 0 Å². The fourth-order valence-electron chi connectivity index (χ4n) is 3.54. The standard InChI is InChI=1S/C22H25N5O2/c1-16-5-3-7-20(17(16)2)26-10-12-27(13-11-26)21-9-8-19(24-25-21)22(28)23-15-18-6-4-14-29-18/h3-9,14H,10-13,15H2,1-2H3,(H,23,28). The predicted molar refractivity (Wildman–Crippen MR) is 112 cm³/mol. The molecule has 1 N–H and O–H groups in total. The number of aromatic nitrogens is 2. The molecule has 2 aromatic heterocycles. The zero-order valence-electron chi connectivity index (χ0n) is 16.8. The molecule has 1 aliphatic heterocycles. The third-order valence-electron chi connectivity index (χ3n) is 5.41. The molecular formula is C22H25N5O2. The normalized spacial score (nSPS) is 14.1. The molecule has 0 radical (unpaired) electrons. The lowest BCUT2D eigenvalue weighted by molar-refractivity contribution is 0.0942.